The lowest BCUT2D eigenvalue weighted by Gasteiger charge is -2.31. The zero-order valence-electron chi connectivity index (χ0n) is 10.1. The van der Waals surface area contributed by atoms with Crippen LogP contribution in [0.15, 0.2) is 10.6 Å². The smallest absolute Gasteiger partial charge is 0.276 e. The van der Waals surface area contributed by atoms with E-state index in [4.69, 9.17) is 9.26 Å². The number of piperazine rings is 1. The lowest BCUT2D eigenvalue weighted by molar-refractivity contribution is 0.0698. The summed E-state index contributed by atoms with van der Waals surface area (Å²) >= 11 is 0. The zero-order chi connectivity index (χ0) is 12.3. The molecule has 1 amide bonds. The van der Waals surface area contributed by atoms with Gasteiger partial charge in [0.2, 0.25) is 0 Å². The molecule has 1 fully saturated rings. The fourth-order valence-corrected chi connectivity index (χ4v) is 1.90. The Hall–Kier alpha value is -1.40. The van der Waals surface area contributed by atoms with Gasteiger partial charge in [0.05, 0.1) is 0 Å². The Morgan fingerprint density at radius 1 is 1.76 bits per heavy atom. The molecule has 6 heteroatoms. The van der Waals surface area contributed by atoms with Gasteiger partial charge in [-0.2, -0.15) is 0 Å². The number of nitrogens with zero attached hydrogens (tertiary/aromatic N) is 2. The van der Waals surface area contributed by atoms with Gasteiger partial charge in [-0.05, 0) is 6.92 Å². The van der Waals surface area contributed by atoms with Crippen LogP contribution in [0.1, 0.15) is 23.2 Å². The van der Waals surface area contributed by atoms with E-state index in [2.05, 4.69) is 17.4 Å². The molecule has 0 unspecified atom stereocenters. The van der Waals surface area contributed by atoms with Crippen molar-refractivity contribution in [3.63, 3.8) is 0 Å². The van der Waals surface area contributed by atoms with Crippen LogP contribution in [0, 0.1) is 0 Å². The van der Waals surface area contributed by atoms with Crippen molar-refractivity contribution in [2.24, 2.45) is 0 Å². The van der Waals surface area contributed by atoms with Gasteiger partial charge < -0.3 is 19.5 Å². The molecular weight excluding hydrogens is 222 g/mol. The summed E-state index contributed by atoms with van der Waals surface area (Å²) in [6.07, 6.45) is 0. The molecule has 1 saturated heterocycles. The van der Waals surface area contributed by atoms with Gasteiger partial charge in [-0.1, -0.05) is 5.16 Å². The molecule has 1 aromatic rings. The van der Waals surface area contributed by atoms with Crippen LogP contribution in [-0.2, 0) is 11.3 Å². The third kappa shape index (κ3) is 2.83. The molecule has 2 rings (SSSR count). The molecule has 1 aliphatic heterocycles. The number of hydrogen-bond acceptors (Lipinski definition) is 5. The fraction of sp³-hybridized carbons (Fsp3) is 0.636. The minimum atomic E-state index is -0.0792. The molecule has 0 saturated carbocycles. The number of hydrogen-bond donors (Lipinski definition) is 1. The number of rotatable bonds is 3. The summed E-state index contributed by atoms with van der Waals surface area (Å²) in [6.45, 7) is 4.60. The molecule has 94 valence electrons. The summed E-state index contributed by atoms with van der Waals surface area (Å²) in [7, 11) is 1.57. The first kappa shape index (κ1) is 12.1. The van der Waals surface area contributed by atoms with Crippen LogP contribution in [-0.4, -0.2) is 48.7 Å². The van der Waals surface area contributed by atoms with Crippen molar-refractivity contribution in [2.75, 3.05) is 26.7 Å². The van der Waals surface area contributed by atoms with E-state index in [1.807, 2.05) is 0 Å². The number of carbonyl (C=O) groups is 1. The van der Waals surface area contributed by atoms with Crippen molar-refractivity contribution in [3.05, 3.63) is 17.5 Å². The first-order valence-electron chi connectivity index (χ1n) is 5.68. The largest absolute Gasteiger partial charge is 0.377 e. The maximum absolute atomic E-state index is 12.1. The normalized spacial score (nSPS) is 20.6. The molecule has 1 aromatic heterocycles. The number of amides is 1. The van der Waals surface area contributed by atoms with Crippen LogP contribution in [0.2, 0.25) is 0 Å². The Labute approximate surface area is 99.9 Å². The van der Waals surface area contributed by atoms with E-state index < -0.39 is 0 Å². The number of methoxy groups -OCH3 is 1. The average molecular weight is 239 g/mol. The minimum absolute atomic E-state index is 0.0792. The third-order valence-electron chi connectivity index (χ3n) is 2.72. The first-order valence-corrected chi connectivity index (χ1v) is 5.68. The average Bonchev–Trinajstić information content (AvgIpc) is 2.77. The highest BCUT2D eigenvalue weighted by Gasteiger charge is 2.24. The van der Waals surface area contributed by atoms with Crippen molar-refractivity contribution in [3.8, 4) is 0 Å². The summed E-state index contributed by atoms with van der Waals surface area (Å²) in [5.74, 6) is 0.489. The van der Waals surface area contributed by atoms with Crippen molar-refractivity contribution in [1.29, 1.82) is 0 Å². The molecule has 6 nitrogen and oxygen atoms in total. The molecule has 0 aliphatic carbocycles. The molecule has 1 N–H and O–H groups in total. The third-order valence-corrected chi connectivity index (χ3v) is 2.72. The van der Waals surface area contributed by atoms with Gasteiger partial charge in [-0.3, -0.25) is 4.79 Å². The van der Waals surface area contributed by atoms with Crippen molar-refractivity contribution >= 4 is 5.91 Å². The second-order valence-electron chi connectivity index (χ2n) is 4.22. The van der Waals surface area contributed by atoms with Crippen LogP contribution in [0.3, 0.4) is 0 Å². The van der Waals surface area contributed by atoms with Gasteiger partial charge in [-0.15, -0.1) is 0 Å². The van der Waals surface area contributed by atoms with Gasteiger partial charge >= 0.3 is 0 Å². The van der Waals surface area contributed by atoms with Crippen molar-refractivity contribution in [2.45, 2.75) is 19.6 Å². The molecule has 0 aromatic carbocycles. The molecule has 1 atom stereocenters. The lowest BCUT2D eigenvalue weighted by Crippen LogP contribution is -2.51. The van der Waals surface area contributed by atoms with Crippen molar-refractivity contribution in [1.82, 2.24) is 15.4 Å². The minimum Gasteiger partial charge on any atom is -0.377 e. The van der Waals surface area contributed by atoms with Gasteiger partial charge in [0.25, 0.3) is 5.91 Å². The predicted molar refractivity (Wildman–Crippen MR) is 60.6 cm³/mol. The molecule has 0 spiro atoms. The highest BCUT2D eigenvalue weighted by atomic mass is 16.5. The summed E-state index contributed by atoms with van der Waals surface area (Å²) in [5.41, 5.74) is 0.353. The van der Waals surface area contributed by atoms with Crippen molar-refractivity contribution < 1.29 is 14.1 Å². The monoisotopic (exact) mass is 239 g/mol. The van der Waals surface area contributed by atoms with Gasteiger partial charge in [0.15, 0.2) is 11.5 Å². The van der Waals surface area contributed by atoms with E-state index in [1.54, 1.807) is 18.1 Å². The van der Waals surface area contributed by atoms with E-state index in [1.165, 1.54) is 0 Å². The summed E-state index contributed by atoms with van der Waals surface area (Å²) in [5, 5.41) is 7.05. The summed E-state index contributed by atoms with van der Waals surface area (Å²) in [6, 6.07) is 1.96. The number of aromatic nitrogens is 1. The Morgan fingerprint density at radius 3 is 3.29 bits per heavy atom. The predicted octanol–water partition coefficient (Wildman–Crippen LogP) is 0.255. The first-order chi connectivity index (χ1) is 8.20. The Bertz CT molecular complexity index is 391. The van der Waals surface area contributed by atoms with Gasteiger partial charge in [0, 0.05) is 38.9 Å². The Kier molecular flexibility index (Phi) is 3.75. The van der Waals surface area contributed by atoms with E-state index in [0.29, 0.717) is 37.2 Å². The maximum Gasteiger partial charge on any atom is 0.276 e. The van der Waals surface area contributed by atoms with Gasteiger partial charge in [0.1, 0.15) is 6.61 Å². The van der Waals surface area contributed by atoms with E-state index in [9.17, 15) is 4.79 Å². The molecular formula is C11H17N3O3. The fourth-order valence-electron chi connectivity index (χ4n) is 1.90. The van der Waals surface area contributed by atoms with Crippen LogP contribution >= 0.6 is 0 Å². The lowest BCUT2D eigenvalue weighted by atomic mass is 10.2. The molecule has 2 heterocycles. The molecule has 17 heavy (non-hydrogen) atoms. The quantitative estimate of drug-likeness (QED) is 0.819. The topological polar surface area (TPSA) is 67.6 Å². The number of nitrogens with one attached hydrogen (secondary N) is 1. The van der Waals surface area contributed by atoms with Crippen LogP contribution in [0.4, 0.5) is 0 Å². The zero-order valence-corrected chi connectivity index (χ0v) is 10.1. The molecule has 0 bridgehead atoms. The maximum atomic E-state index is 12.1. The van der Waals surface area contributed by atoms with Gasteiger partial charge in [-0.25, -0.2) is 0 Å². The molecule has 1 aliphatic rings. The number of carbonyl (C=O) groups excluding carboxylic acids is 1. The number of ether oxygens (including phenoxy) is 1. The van der Waals surface area contributed by atoms with Crippen LogP contribution < -0.4 is 5.32 Å². The summed E-state index contributed by atoms with van der Waals surface area (Å²) < 4.78 is 9.92. The second kappa shape index (κ2) is 5.29. The van der Waals surface area contributed by atoms with E-state index in [0.717, 1.165) is 6.54 Å². The second-order valence-corrected chi connectivity index (χ2v) is 4.22. The highest BCUT2D eigenvalue weighted by molar-refractivity contribution is 5.92. The Morgan fingerprint density at radius 2 is 2.59 bits per heavy atom. The van der Waals surface area contributed by atoms with Crippen LogP contribution in [0.5, 0.6) is 0 Å². The Balaban J connectivity index is 2.02. The van der Waals surface area contributed by atoms with E-state index in [-0.39, 0.29) is 5.91 Å². The molecule has 0 radical (unpaired) electrons. The van der Waals surface area contributed by atoms with E-state index >= 15 is 0 Å². The van der Waals surface area contributed by atoms with Crippen LogP contribution in [0.25, 0.3) is 0 Å². The summed E-state index contributed by atoms with van der Waals surface area (Å²) in [4.78, 5) is 13.9. The SMILES string of the molecule is COCc1cc(C(=O)N2CCN[C@@H](C)C2)no1. The standard InChI is InChI=1S/C11H17N3O3/c1-8-6-14(4-3-12-8)11(15)10-5-9(7-16-2)17-13-10/h5,8,12H,3-4,6-7H2,1-2H3/t8-/m0/s1. The highest BCUT2D eigenvalue weighted by Crippen LogP contribution is 2.09.